The molecule has 2 aliphatic carbocycles. The van der Waals surface area contributed by atoms with Crippen LogP contribution in [0.3, 0.4) is 0 Å². The van der Waals surface area contributed by atoms with E-state index < -0.39 is 0 Å². The molecule has 3 rings (SSSR count). The van der Waals surface area contributed by atoms with Crippen molar-refractivity contribution in [2.45, 2.75) is 44.6 Å². The second-order valence-corrected chi connectivity index (χ2v) is 6.34. The Morgan fingerprint density at radius 2 is 2.17 bits per heavy atom. The van der Waals surface area contributed by atoms with Gasteiger partial charge in [0, 0.05) is 19.3 Å². The molecule has 0 aromatic carbocycles. The van der Waals surface area contributed by atoms with Crippen LogP contribution in [0.25, 0.3) is 5.57 Å². The van der Waals surface area contributed by atoms with Gasteiger partial charge in [0.1, 0.15) is 6.33 Å². The number of rotatable bonds is 2. The summed E-state index contributed by atoms with van der Waals surface area (Å²) in [6.07, 6.45) is 15.8. The van der Waals surface area contributed by atoms with Gasteiger partial charge in [0.2, 0.25) is 0 Å². The van der Waals surface area contributed by atoms with E-state index in [9.17, 15) is 4.79 Å². The molecular formula is C18H22N4O. The maximum absolute atomic E-state index is 12.6. The third kappa shape index (κ3) is 3.37. The van der Waals surface area contributed by atoms with Crippen LogP contribution in [0.1, 0.15) is 44.2 Å². The van der Waals surface area contributed by atoms with E-state index >= 15 is 0 Å². The summed E-state index contributed by atoms with van der Waals surface area (Å²) >= 11 is 0. The SMILES string of the molecule is CN(C(=O)n1cnc(C2=CCC(C#N)C=C2)c1)C1CCCCC1. The fourth-order valence-corrected chi connectivity index (χ4v) is 3.29. The highest BCUT2D eigenvalue weighted by molar-refractivity contribution is 5.79. The van der Waals surface area contributed by atoms with Crippen molar-refractivity contribution < 1.29 is 4.79 Å². The molecular weight excluding hydrogens is 288 g/mol. The summed E-state index contributed by atoms with van der Waals surface area (Å²) in [4.78, 5) is 18.8. The summed E-state index contributed by atoms with van der Waals surface area (Å²) in [5.41, 5.74) is 1.76. The number of carbonyl (C=O) groups is 1. The molecule has 1 aromatic heterocycles. The molecule has 0 saturated heterocycles. The predicted octanol–water partition coefficient (Wildman–Crippen LogP) is 3.60. The molecule has 23 heavy (non-hydrogen) atoms. The van der Waals surface area contributed by atoms with Gasteiger partial charge in [-0.15, -0.1) is 0 Å². The number of nitriles is 1. The Bertz CT molecular complexity index is 673. The van der Waals surface area contributed by atoms with Gasteiger partial charge >= 0.3 is 6.03 Å². The third-order valence-corrected chi connectivity index (χ3v) is 4.79. The van der Waals surface area contributed by atoms with E-state index in [0.717, 1.165) is 24.1 Å². The standard InChI is InChI=1S/C18H22N4O/c1-21(16-5-3-2-4-6-16)18(23)22-12-17(20-13-22)15-9-7-14(11-19)8-10-15/h7,9-10,12-14,16H,2-6,8H2,1H3. The number of amides is 1. The Balaban J connectivity index is 1.69. The zero-order valence-electron chi connectivity index (χ0n) is 13.5. The molecule has 2 aliphatic rings. The molecule has 1 aromatic rings. The molecule has 0 spiro atoms. The molecule has 1 unspecified atom stereocenters. The van der Waals surface area contributed by atoms with Gasteiger partial charge in [0.25, 0.3) is 0 Å². The first kappa shape index (κ1) is 15.5. The first-order chi connectivity index (χ1) is 11.2. The molecule has 0 radical (unpaired) electrons. The summed E-state index contributed by atoms with van der Waals surface area (Å²) in [7, 11) is 1.88. The molecule has 1 saturated carbocycles. The molecule has 120 valence electrons. The number of hydrogen-bond donors (Lipinski definition) is 0. The van der Waals surface area contributed by atoms with Crippen molar-refractivity contribution in [1.82, 2.24) is 14.5 Å². The van der Waals surface area contributed by atoms with Gasteiger partial charge in [-0.05, 0) is 24.8 Å². The van der Waals surface area contributed by atoms with E-state index in [-0.39, 0.29) is 11.9 Å². The highest BCUT2D eigenvalue weighted by Gasteiger charge is 2.23. The zero-order valence-corrected chi connectivity index (χ0v) is 13.5. The predicted molar refractivity (Wildman–Crippen MR) is 88.5 cm³/mol. The minimum atomic E-state index is -0.0556. The van der Waals surface area contributed by atoms with E-state index in [1.165, 1.54) is 19.3 Å². The van der Waals surface area contributed by atoms with E-state index in [0.29, 0.717) is 12.5 Å². The molecule has 1 heterocycles. The zero-order chi connectivity index (χ0) is 16.2. The van der Waals surface area contributed by atoms with Crippen molar-refractivity contribution in [3.05, 3.63) is 36.4 Å². The van der Waals surface area contributed by atoms with Crippen molar-refractivity contribution in [1.29, 1.82) is 5.26 Å². The van der Waals surface area contributed by atoms with Crippen LogP contribution in [-0.2, 0) is 0 Å². The van der Waals surface area contributed by atoms with Gasteiger partial charge in [-0.2, -0.15) is 5.26 Å². The minimum absolute atomic E-state index is 0.0223. The van der Waals surface area contributed by atoms with Crippen molar-refractivity contribution in [3.63, 3.8) is 0 Å². The van der Waals surface area contributed by atoms with Gasteiger partial charge in [-0.25, -0.2) is 9.78 Å². The van der Waals surface area contributed by atoms with Crippen LogP contribution in [-0.4, -0.2) is 33.6 Å². The fourth-order valence-electron chi connectivity index (χ4n) is 3.29. The lowest BCUT2D eigenvalue weighted by atomic mass is 9.95. The first-order valence-electron chi connectivity index (χ1n) is 8.28. The Morgan fingerprint density at radius 1 is 1.39 bits per heavy atom. The van der Waals surface area contributed by atoms with Crippen molar-refractivity contribution in [3.8, 4) is 6.07 Å². The molecule has 5 heteroatoms. The Labute approximate surface area is 136 Å². The maximum atomic E-state index is 12.6. The summed E-state index contributed by atoms with van der Waals surface area (Å²) in [6.45, 7) is 0. The average Bonchev–Trinajstić information content (AvgIpc) is 3.11. The van der Waals surface area contributed by atoms with Crippen LogP contribution in [0, 0.1) is 17.2 Å². The third-order valence-electron chi connectivity index (χ3n) is 4.79. The molecule has 0 bridgehead atoms. The number of hydrogen-bond acceptors (Lipinski definition) is 3. The maximum Gasteiger partial charge on any atom is 0.329 e. The van der Waals surface area contributed by atoms with Crippen LogP contribution in [0.5, 0.6) is 0 Å². The summed E-state index contributed by atoms with van der Waals surface area (Å²) in [6, 6.07) is 2.55. The van der Waals surface area contributed by atoms with Gasteiger partial charge in [-0.3, -0.25) is 4.57 Å². The lowest BCUT2D eigenvalue weighted by Gasteiger charge is -2.31. The van der Waals surface area contributed by atoms with Gasteiger partial charge < -0.3 is 4.90 Å². The van der Waals surface area contributed by atoms with E-state index in [1.807, 2.05) is 30.2 Å². The Kier molecular flexibility index (Phi) is 4.61. The molecule has 5 nitrogen and oxygen atoms in total. The van der Waals surface area contributed by atoms with Gasteiger partial charge in [0.05, 0.1) is 17.7 Å². The average molecular weight is 310 g/mol. The second-order valence-electron chi connectivity index (χ2n) is 6.34. The first-order valence-corrected chi connectivity index (χ1v) is 8.28. The smallest absolute Gasteiger partial charge is 0.324 e. The Morgan fingerprint density at radius 3 is 2.83 bits per heavy atom. The van der Waals surface area contributed by atoms with E-state index in [4.69, 9.17) is 5.26 Å². The van der Waals surface area contributed by atoms with Crippen LogP contribution in [0.15, 0.2) is 30.8 Å². The van der Waals surface area contributed by atoms with Crippen molar-refractivity contribution in [2.24, 2.45) is 5.92 Å². The second kappa shape index (κ2) is 6.82. The highest BCUT2D eigenvalue weighted by Crippen LogP contribution is 2.24. The number of imidazole rings is 1. The summed E-state index contributed by atoms with van der Waals surface area (Å²) in [5, 5.41) is 8.91. The minimum Gasteiger partial charge on any atom is -0.324 e. The number of carbonyl (C=O) groups excluding carboxylic acids is 1. The molecule has 1 fully saturated rings. The van der Waals surface area contributed by atoms with Crippen LogP contribution < -0.4 is 0 Å². The quantitative estimate of drug-likeness (QED) is 0.838. The summed E-state index contributed by atoms with van der Waals surface area (Å²) in [5.74, 6) is -0.0556. The number of aromatic nitrogens is 2. The van der Waals surface area contributed by atoms with E-state index in [1.54, 1.807) is 17.1 Å². The number of nitrogens with zero attached hydrogens (tertiary/aromatic N) is 4. The topological polar surface area (TPSA) is 61.9 Å². The largest absolute Gasteiger partial charge is 0.329 e. The van der Waals surface area contributed by atoms with Crippen molar-refractivity contribution >= 4 is 11.6 Å². The molecule has 1 amide bonds. The monoisotopic (exact) mass is 310 g/mol. The molecule has 0 N–H and O–H groups in total. The van der Waals surface area contributed by atoms with Crippen LogP contribution in [0.2, 0.25) is 0 Å². The van der Waals surface area contributed by atoms with Gasteiger partial charge in [-0.1, -0.05) is 37.5 Å². The van der Waals surface area contributed by atoms with E-state index in [2.05, 4.69) is 11.1 Å². The highest BCUT2D eigenvalue weighted by atomic mass is 16.2. The summed E-state index contributed by atoms with van der Waals surface area (Å²) < 4.78 is 1.56. The fraction of sp³-hybridized carbons (Fsp3) is 0.500. The Hall–Kier alpha value is -2.35. The molecule has 0 aliphatic heterocycles. The number of allylic oxidation sites excluding steroid dienone is 4. The van der Waals surface area contributed by atoms with Crippen LogP contribution >= 0.6 is 0 Å². The van der Waals surface area contributed by atoms with Crippen LogP contribution in [0.4, 0.5) is 4.79 Å². The lowest BCUT2D eigenvalue weighted by molar-refractivity contribution is 0.175. The normalized spacial score (nSPS) is 21.6. The van der Waals surface area contributed by atoms with Gasteiger partial charge in [0.15, 0.2) is 0 Å². The lowest BCUT2D eigenvalue weighted by Crippen LogP contribution is -2.40. The van der Waals surface area contributed by atoms with Crippen molar-refractivity contribution in [2.75, 3.05) is 7.05 Å². The molecule has 1 atom stereocenters.